The zero-order valence-electron chi connectivity index (χ0n) is 22.8. The number of nitrogens with zero attached hydrogens (tertiary/aromatic N) is 2. The van der Waals surface area contributed by atoms with Crippen molar-refractivity contribution in [2.45, 2.75) is 57.1 Å². The zero-order valence-corrected chi connectivity index (χ0v) is 24.4. The second-order valence-corrected chi connectivity index (χ2v) is 12.2. The van der Waals surface area contributed by atoms with Crippen LogP contribution in [0.1, 0.15) is 37.0 Å². The van der Waals surface area contributed by atoms with Gasteiger partial charge in [0.05, 0.1) is 11.4 Å². The summed E-state index contributed by atoms with van der Waals surface area (Å²) in [5.74, 6) is -0.757. The van der Waals surface area contributed by atoms with Gasteiger partial charge in [-0.05, 0) is 55.7 Å². The Morgan fingerprint density at radius 3 is 2.13 bits per heavy atom. The Morgan fingerprint density at radius 1 is 0.923 bits per heavy atom. The van der Waals surface area contributed by atoms with Crippen LogP contribution in [0.3, 0.4) is 0 Å². The van der Waals surface area contributed by atoms with Crippen molar-refractivity contribution < 1.29 is 18.0 Å². The van der Waals surface area contributed by atoms with Gasteiger partial charge in [-0.25, -0.2) is 8.42 Å². The summed E-state index contributed by atoms with van der Waals surface area (Å²) in [4.78, 5) is 29.0. The summed E-state index contributed by atoms with van der Waals surface area (Å²) in [5.41, 5.74) is 2.80. The predicted octanol–water partition coefficient (Wildman–Crippen LogP) is 4.82. The summed E-state index contributed by atoms with van der Waals surface area (Å²) < 4.78 is 27.4. The van der Waals surface area contributed by atoms with Gasteiger partial charge in [0.1, 0.15) is 6.04 Å². The van der Waals surface area contributed by atoms with E-state index in [2.05, 4.69) is 5.32 Å². The van der Waals surface area contributed by atoms with Crippen molar-refractivity contribution in [3.63, 3.8) is 0 Å². The van der Waals surface area contributed by atoms with Crippen LogP contribution in [0.15, 0.2) is 83.8 Å². The number of nitrogens with one attached hydrogen (secondary N) is 1. The Hall–Kier alpha value is -3.20. The molecule has 0 saturated heterocycles. The normalized spacial score (nSPS) is 13.1. The molecule has 0 radical (unpaired) electrons. The number of benzene rings is 3. The molecule has 39 heavy (non-hydrogen) atoms. The summed E-state index contributed by atoms with van der Waals surface area (Å²) in [6, 6.07) is 22.1. The van der Waals surface area contributed by atoms with Gasteiger partial charge < -0.3 is 10.2 Å². The standard InChI is InChI=1S/C30H36ClN3O4S/c1-5-23(3)32-30(36)28(19-24-9-7-6-8-10-24)34(20-25-13-11-22(2)12-14-25)29(35)21-33(4)39(37,38)27-17-15-26(31)16-18-27/h6-18,23,28H,5,19-21H2,1-4H3,(H,32,36)/t23-,28+/m1/s1. The topological polar surface area (TPSA) is 86.8 Å². The molecule has 0 saturated carbocycles. The Kier molecular flexibility index (Phi) is 10.7. The van der Waals surface area contributed by atoms with Crippen molar-refractivity contribution in [3.8, 4) is 0 Å². The average Bonchev–Trinajstić information content (AvgIpc) is 2.92. The maximum Gasteiger partial charge on any atom is 0.243 e. The highest BCUT2D eigenvalue weighted by Gasteiger charge is 2.33. The molecular formula is C30H36ClN3O4S. The Labute approximate surface area is 236 Å². The highest BCUT2D eigenvalue weighted by molar-refractivity contribution is 7.89. The fraction of sp³-hybridized carbons (Fsp3) is 0.333. The average molecular weight is 570 g/mol. The number of carbonyl (C=O) groups excluding carboxylic acids is 2. The lowest BCUT2D eigenvalue weighted by atomic mass is 10.0. The third-order valence-corrected chi connectivity index (χ3v) is 8.69. The molecule has 0 aliphatic carbocycles. The highest BCUT2D eigenvalue weighted by Crippen LogP contribution is 2.20. The lowest BCUT2D eigenvalue weighted by molar-refractivity contribution is -0.141. The molecule has 3 aromatic carbocycles. The summed E-state index contributed by atoms with van der Waals surface area (Å²) >= 11 is 5.92. The van der Waals surface area contributed by atoms with Crippen LogP contribution in [0.5, 0.6) is 0 Å². The van der Waals surface area contributed by atoms with Gasteiger partial charge in [-0.15, -0.1) is 0 Å². The Bertz CT molecular complexity index is 1350. The first-order valence-electron chi connectivity index (χ1n) is 12.9. The minimum atomic E-state index is -3.96. The smallest absolute Gasteiger partial charge is 0.243 e. The molecule has 0 heterocycles. The number of halogens is 1. The Balaban J connectivity index is 1.97. The van der Waals surface area contributed by atoms with Crippen LogP contribution in [0.25, 0.3) is 0 Å². The SMILES string of the molecule is CC[C@@H](C)NC(=O)[C@H](Cc1ccccc1)N(Cc1ccc(C)cc1)C(=O)CN(C)S(=O)(=O)c1ccc(Cl)cc1. The van der Waals surface area contributed by atoms with E-state index in [0.29, 0.717) is 5.02 Å². The van der Waals surface area contributed by atoms with Crippen molar-refractivity contribution in [1.29, 1.82) is 0 Å². The maximum atomic E-state index is 13.9. The molecular weight excluding hydrogens is 534 g/mol. The van der Waals surface area contributed by atoms with E-state index in [4.69, 9.17) is 11.6 Å². The van der Waals surface area contributed by atoms with E-state index in [0.717, 1.165) is 27.4 Å². The first kappa shape index (κ1) is 30.3. The molecule has 0 bridgehead atoms. The van der Waals surface area contributed by atoms with E-state index in [-0.39, 0.29) is 29.8 Å². The lowest BCUT2D eigenvalue weighted by Crippen LogP contribution is -2.54. The number of hydrogen-bond acceptors (Lipinski definition) is 4. The molecule has 0 aliphatic rings. The van der Waals surface area contributed by atoms with Crippen LogP contribution < -0.4 is 5.32 Å². The Morgan fingerprint density at radius 2 is 1.54 bits per heavy atom. The van der Waals surface area contributed by atoms with Gasteiger partial charge in [0.25, 0.3) is 0 Å². The lowest BCUT2D eigenvalue weighted by Gasteiger charge is -2.33. The molecule has 0 aromatic heterocycles. The molecule has 2 amide bonds. The van der Waals surface area contributed by atoms with E-state index in [1.165, 1.54) is 36.2 Å². The third-order valence-electron chi connectivity index (χ3n) is 6.63. The highest BCUT2D eigenvalue weighted by atomic mass is 35.5. The van der Waals surface area contributed by atoms with E-state index in [1.807, 2.05) is 75.4 Å². The second kappa shape index (κ2) is 13.7. The third kappa shape index (κ3) is 8.39. The predicted molar refractivity (Wildman–Crippen MR) is 155 cm³/mol. The molecule has 7 nitrogen and oxygen atoms in total. The van der Waals surface area contributed by atoms with E-state index < -0.39 is 28.5 Å². The molecule has 9 heteroatoms. The van der Waals surface area contributed by atoms with Crippen molar-refractivity contribution in [2.75, 3.05) is 13.6 Å². The monoisotopic (exact) mass is 569 g/mol. The number of aryl methyl sites for hydroxylation is 1. The van der Waals surface area contributed by atoms with Crippen molar-refractivity contribution in [2.24, 2.45) is 0 Å². The van der Waals surface area contributed by atoms with Gasteiger partial charge in [-0.1, -0.05) is 78.7 Å². The minimum Gasteiger partial charge on any atom is -0.352 e. The molecule has 0 unspecified atom stereocenters. The van der Waals surface area contributed by atoms with Crippen LogP contribution in [-0.4, -0.2) is 55.1 Å². The van der Waals surface area contributed by atoms with Crippen molar-refractivity contribution in [3.05, 3.63) is 101 Å². The van der Waals surface area contributed by atoms with Crippen molar-refractivity contribution in [1.82, 2.24) is 14.5 Å². The fourth-order valence-electron chi connectivity index (χ4n) is 4.04. The number of sulfonamides is 1. The minimum absolute atomic E-state index is 0.0302. The molecule has 3 rings (SSSR count). The van der Waals surface area contributed by atoms with Crippen LogP contribution in [0.2, 0.25) is 5.02 Å². The first-order valence-corrected chi connectivity index (χ1v) is 14.7. The number of amides is 2. The summed E-state index contributed by atoms with van der Waals surface area (Å²) in [5, 5.41) is 3.43. The van der Waals surface area contributed by atoms with Crippen LogP contribution >= 0.6 is 11.6 Å². The number of carbonyl (C=O) groups is 2. The van der Waals surface area contributed by atoms with Gasteiger partial charge >= 0.3 is 0 Å². The van der Waals surface area contributed by atoms with Gasteiger partial charge in [-0.3, -0.25) is 9.59 Å². The molecule has 208 valence electrons. The van der Waals surface area contributed by atoms with E-state index in [9.17, 15) is 18.0 Å². The van der Waals surface area contributed by atoms with Gasteiger partial charge in [-0.2, -0.15) is 4.31 Å². The largest absolute Gasteiger partial charge is 0.352 e. The van der Waals surface area contributed by atoms with Gasteiger partial charge in [0.2, 0.25) is 21.8 Å². The molecule has 3 aromatic rings. The summed E-state index contributed by atoms with van der Waals surface area (Å²) in [7, 11) is -2.61. The molecule has 1 N–H and O–H groups in total. The molecule has 0 aliphatic heterocycles. The number of hydrogen-bond donors (Lipinski definition) is 1. The van der Waals surface area contributed by atoms with Crippen LogP contribution in [0, 0.1) is 6.92 Å². The summed E-state index contributed by atoms with van der Waals surface area (Å²) in [6.07, 6.45) is 1.02. The summed E-state index contributed by atoms with van der Waals surface area (Å²) in [6.45, 7) is 5.58. The quantitative estimate of drug-likeness (QED) is 0.339. The van der Waals surface area contributed by atoms with Gasteiger partial charge in [0.15, 0.2) is 0 Å². The molecule has 0 spiro atoms. The van der Waals surface area contributed by atoms with Crippen molar-refractivity contribution >= 4 is 33.4 Å². The second-order valence-electron chi connectivity index (χ2n) is 9.75. The fourth-order valence-corrected chi connectivity index (χ4v) is 5.28. The van der Waals surface area contributed by atoms with Crippen LogP contribution in [0.4, 0.5) is 0 Å². The maximum absolute atomic E-state index is 13.9. The first-order chi connectivity index (χ1) is 18.5. The van der Waals surface area contributed by atoms with Gasteiger partial charge in [0, 0.05) is 31.1 Å². The van der Waals surface area contributed by atoms with Crippen LogP contribution in [-0.2, 0) is 32.6 Å². The molecule has 2 atom stereocenters. The van der Waals surface area contributed by atoms with E-state index in [1.54, 1.807) is 0 Å². The van der Waals surface area contributed by atoms with E-state index >= 15 is 0 Å². The number of rotatable bonds is 12. The number of likely N-dealkylation sites (N-methyl/N-ethyl adjacent to an activating group) is 1. The molecule has 0 fully saturated rings. The zero-order chi connectivity index (χ0) is 28.6.